The Labute approximate surface area is 278 Å². The summed E-state index contributed by atoms with van der Waals surface area (Å²) in [4.78, 5) is 22.6. The van der Waals surface area contributed by atoms with Crippen molar-refractivity contribution in [1.82, 2.24) is 5.32 Å². The van der Waals surface area contributed by atoms with E-state index >= 15 is 0 Å². The molecule has 0 saturated carbocycles. The summed E-state index contributed by atoms with van der Waals surface area (Å²) in [6.07, 6.45) is 35.6. The summed E-state index contributed by atoms with van der Waals surface area (Å²) >= 11 is 0. The van der Waals surface area contributed by atoms with E-state index in [-0.39, 0.29) is 25.2 Å². The van der Waals surface area contributed by atoms with E-state index < -0.39 is 19.7 Å². The summed E-state index contributed by atoms with van der Waals surface area (Å²) < 4.78 is 17.4. The normalized spacial score (nSPS) is 14.5. The van der Waals surface area contributed by atoms with Crippen molar-refractivity contribution in [3.05, 3.63) is 12.2 Å². The second-order valence-electron chi connectivity index (χ2n) is 13.2. The van der Waals surface area contributed by atoms with Crippen LogP contribution < -0.4 is 11.1 Å². The van der Waals surface area contributed by atoms with Crippen molar-refractivity contribution in [3.8, 4) is 0 Å². The Bertz CT molecular complexity index is 721. The van der Waals surface area contributed by atoms with E-state index in [1.807, 2.05) is 6.08 Å². The van der Waals surface area contributed by atoms with Crippen LogP contribution in [0.25, 0.3) is 0 Å². The molecule has 0 aliphatic carbocycles. The van der Waals surface area contributed by atoms with Gasteiger partial charge in [-0.15, -0.1) is 0 Å². The lowest BCUT2D eigenvalue weighted by molar-refractivity contribution is -0.122. The number of aliphatic hydroxyl groups excluding tert-OH is 1. The van der Waals surface area contributed by atoms with E-state index in [0.29, 0.717) is 6.42 Å². The highest BCUT2D eigenvalue weighted by molar-refractivity contribution is 7.52. The first-order valence-corrected chi connectivity index (χ1v) is 20.9. The van der Waals surface area contributed by atoms with Crippen LogP contribution in [0.1, 0.15) is 187 Å². The molecule has 0 bridgehead atoms. The smallest absolute Gasteiger partial charge is 0.329 e. The lowest BCUT2D eigenvalue weighted by Crippen LogP contribution is -2.45. The quantitative estimate of drug-likeness (QED) is 0.0305. The fraction of sp³-hybridized carbons (Fsp3) is 0.919. The Morgan fingerprint density at radius 1 is 0.711 bits per heavy atom. The molecule has 0 rings (SSSR count). The number of nitrogens with two attached hydrogens (primary N) is 1. The highest BCUT2D eigenvalue weighted by atomic mass is 31.2. The van der Waals surface area contributed by atoms with Crippen LogP contribution in [0.5, 0.6) is 0 Å². The fourth-order valence-corrected chi connectivity index (χ4v) is 6.55. The van der Waals surface area contributed by atoms with Gasteiger partial charge in [-0.1, -0.05) is 174 Å². The molecule has 0 radical (unpaired) electrons. The van der Waals surface area contributed by atoms with E-state index in [0.717, 1.165) is 32.1 Å². The van der Waals surface area contributed by atoms with Crippen molar-refractivity contribution in [2.75, 3.05) is 19.3 Å². The number of nitrogens with one attached hydrogen (secondary N) is 1. The predicted octanol–water partition coefficient (Wildman–Crippen LogP) is 10.1. The summed E-state index contributed by atoms with van der Waals surface area (Å²) in [6, 6.07) is -0.781. The van der Waals surface area contributed by atoms with Crippen LogP contribution in [0.15, 0.2) is 12.2 Å². The van der Waals surface area contributed by atoms with Crippen LogP contribution in [0, 0.1) is 0 Å². The Morgan fingerprint density at radius 2 is 1.11 bits per heavy atom. The van der Waals surface area contributed by atoms with Gasteiger partial charge in [0.25, 0.3) is 0 Å². The molecule has 8 heteroatoms. The number of amides is 1. The van der Waals surface area contributed by atoms with Gasteiger partial charge in [0.2, 0.25) is 5.91 Å². The maximum Gasteiger partial charge on any atom is 0.329 e. The summed E-state index contributed by atoms with van der Waals surface area (Å²) in [6.45, 7) is 4.31. The summed E-state index contributed by atoms with van der Waals surface area (Å²) in [7, 11) is -3.85. The van der Waals surface area contributed by atoms with E-state index in [1.54, 1.807) is 6.08 Å². The van der Waals surface area contributed by atoms with Crippen molar-refractivity contribution in [3.63, 3.8) is 0 Å². The van der Waals surface area contributed by atoms with Crippen molar-refractivity contribution >= 4 is 13.5 Å². The number of carbonyl (C=O) groups excluding carboxylic acids is 1. The summed E-state index contributed by atoms with van der Waals surface area (Å²) in [5, 5.41) is 13.6. The molecule has 0 fully saturated rings. The van der Waals surface area contributed by atoms with Gasteiger partial charge < -0.3 is 25.6 Å². The van der Waals surface area contributed by atoms with Crippen molar-refractivity contribution < 1.29 is 23.9 Å². The Morgan fingerprint density at radius 3 is 1.53 bits per heavy atom. The molecule has 5 N–H and O–H groups in total. The number of hydrogen-bond donors (Lipinski definition) is 4. The van der Waals surface area contributed by atoms with Crippen LogP contribution in [0.2, 0.25) is 0 Å². The van der Waals surface area contributed by atoms with Crippen LogP contribution in [0.4, 0.5) is 0 Å². The van der Waals surface area contributed by atoms with Crippen LogP contribution in [0.3, 0.4) is 0 Å². The van der Waals surface area contributed by atoms with Gasteiger partial charge in [0.15, 0.2) is 0 Å². The van der Waals surface area contributed by atoms with E-state index in [2.05, 4.69) is 19.2 Å². The predicted molar refractivity (Wildman–Crippen MR) is 193 cm³/mol. The molecule has 0 spiro atoms. The molecule has 268 valence electrons. The minimum atomic E-state index is -3.85. The van der Waals surface area contributed by atoms with Gasteiger partial charge in [-0.3, -0.25) is 9.36 Å². The molecule has 7 nitrogen and oxygen atoms in total. The average molecular weight is 659 g/mol. The third-order valence-corrected chi connectivity index (χ3v) is 10.1. The molecule has 0 aromatic rings. The Kier molecular flexibility index (Phi) is 32.7. The zero-order valence-corrected chi connectivity index (χ0v) is 30.6. The molecule has 0 aliphatic heterocycles. The molecule has 3 atom stereocenters. The zero-order valence-electron chi connectivity index (χ0n) is 29.7. The van der Waals surface area contributed by atoms with Gasteiger partial charge in [0.1, 0.15) is 0 Å². The maximum atomic E-state index is 12.7. The van der Waals surface area contributed by atoms with E-state index in [4.69, 9.17) is 10.3 Å². The maximum absolute atomic E-state index is 12.7. The van der Waals surface area contributed by atoms with Gasteiger partial charge >= 0.3 is 7.60 Å². The van der Waals surface area contributed by atoms with E-state index in [1.165, 1.54) is 135 Å². The van der Waals surface area contributed by atoms with Gasteiger partial charge in [-0.05, 0) is 19.3 Å². The summed E-state index contributed by atoms with van der Waals surface area (Å²) in [5.74, 6) is -0.160. The van der Waals surface area contributed by atoms with Crippen LogP contribution in [-0.4, -0.2) is 47.4 Å². The molecule has 45 heavy (non-hydrogen) atoms. The molecule has 0 aromatic heterocycles. The number of aliphatic hydroxyl groups is 1. The average Bonchev–Trinajstić information content (AvgIpc) is 3.01. The van der Waals surface area contributed by atoms with Gasteiger partial charge in [0.05, 0.1) is 24.9 Å². The molecular weight excluding hydrogens is 583 g/mol. The van der Waals surface area contributed by atoms with E-state index in [9.17, 15) is 19.4 Å². The molecule has 3 unspecified atom stereocenters. The molecule has 1 amide bonds. The third-order valence-electron chi connectivity index (χ3n) is 8.69. The molecule has 0 saturated heterocycles. The number of unbranched alkanes of at least 4 members (excludes halogenated alkanes) is 24. The molecule has 0 aliphatic rings. The van der Waals surface area contributed by atoms with Gasteiger partial charge in [-0.2, -0.15) is 0 Å². The Balaban J connectivity index is 4.20. The molecular formula is C37H75N2O5P. The lowest BCUT2D eigenvalue weighted by Gasteiger charge is -2.23. The SMILES string of the molecule is CCCCCCCCCCCC/C=C/C(O)C(COP(=O)(O)CCN)NC(=O)CCCCCCCCCCCCCCCCC. The van der Waals surface area contributed by atoms with Gasteiger partial charge in [-0.25, -0.2) is 0 Å². The highest BCUT2D eigenvalue weighted by Crippen LogP contribution is 2.41. The largest absolute Gasteiger partial charge is 0.387 e. The van der Waals surface area contributed by atoms with Crippen LogP contribution in [-0.2, 0) is 13.9 Å². The Hall–Kier alpha value is -0.720. The standard InChI is InChI=1S/C37H75N2O5P/c1-3-5-7-9-11-13-15-17-18-19-21-23-25-27-29-31-37(41)39-35(34-44-45(42,43)33-32-38)36(40)30-28-26-24-22-20-16-14-12-10-8-6-4-2/h28,30,35-36,40H,3-27,29,31-34,38H2,1-2H3,(H,39,41)(H,42,43)/b30-28+. The van der Waals surface area contributed by atoms with Crippen LogP contribution >= 0.6 is 7.60 Å². The van der Waals surface area contributed by atoms with Crippen molar-refractivity contribution in [2.24, 2.45) is 5.73 Å². The molecule has 0 heterocycles. The summed E-state index contributed by atoms with van der Waals surface area (Å²) in [5.41, 5.74) is 5.42. The van der Waals surface area contributed by atoms with Crippen molar-refractivity contribution in [2.45, 2.75) is 199 Å². The lowest BCUT2D eigenvalue weighted by atomic mass is 10.0. The zero-order chi connectivity index (χ0) is 33.3. The topological polar surface area (TPSA) is 122 Å². The van der Waals surface area contributed by atoms with Gasteiger partial charge in [0, 0.05) is 13.0 Å². The second-order valence-corrected chi connectivity index (χ2v) is 15.2. The minimum absolute atomic E-state index is 0.0330. The highest BCUT2D eigenvalue weighted by Gasteiger charge is 2.25. The number of hydrogen-bond acceptors (Lipinski definition) is 5. The minimum Gasteiger partial charge on any atom is -0.387 e. The molecule has 0 aromatic carbocycles. The first-order valence-electron chi connectivity index (χ1n) is 19.2. The van der Waals surface area contributed by atoms with Crippen molar-refractivity contribution in [1.29, 1.82) is 0 Å². The number of allylic oxidation sites excluding steroid dienone is 1. The second kappa shape index (κ2) is 33.2. The first-order chi connectivity index (χ1) is 21.9. The fourth-order valence-electron chi connectivity index (χ4n) is 5.71. The number of rotatable bonds is 35. The number of carbonyl (C=O) groups is 1. The first kappa shape index (κ1) is 44.3. The monoisotopic (exact) mass is 659 g/mol. The third kappa shape index (κ3) is 31.6.